The van der Waals surface area contributed by atoms with Crippen molar-refractivity contribution >= 4 is 21.4 Å². The summed E-state index contributed by atoms with van der Waals surface area (Å²) in [6.07, 6.45) is 0.488. The van der Waals surface area contributed by atoms with Crippen LogP contribution in [0.25, 0.3) is 0 Å². The van der Waals surface area contributed by atoms with E-state index < -0.39 is 20.5 Å². The van der Waals surface area contributed by atoms with Gasteiger partial charge in [-0.3, -0.25) is 0 Å². The number of fused-ring (bicyclic) bond motifs is 1. The van der Waals surface area contributed by atoms with E-state index in [1.165, 1.54) is 0 Å². The Labute approximate surface area is 118 Å². The Morgan fingerprint density at radius 3 is 2.26 bits per heavy atom. The van der Waals surface area contributed by atoms with Gasteiger partial charge in [0.05, 0.1) is 15.5 Å². The Hall–Kier alpha value is -1.32. The fourth-order valence-corrected chi connectivity index (χ4v) is 5.02. The van der Waals surface area contributed by atoms with Gasteiger partial charge in [-0.15, -0.1) is 11.6 Å². The average molecular weight is 293 g/mol. The molecule has 0 N–H and O–H groups in total. The van der Waals surface area contributed by atoms with Crippen LogP contribution in [0.3, 0.4) is 0 Å². The lowest BCUT2D eigenvalue weighted by Crippen LogP contribution is -2.23. The third-order valence-electron chi connectivity index (χ3n) is 3.57. The molecule has 0 aromatic heterocycles. The van der Waals surface area contributed by atoms with Gasteiger partial charge in [0.15, 0.2) is 9.84 Å². The normalized spacial score (nSPS) is 22.2. The molecule has 0 unspecified atom stereocenters. The molecule has 0 fully saturated rings. The molecule has 0 saturated heterocycles. The van der Waals surface area contributed by atoms with E-state index in [0.29, 0.717) is 11.3 Å². The number of benzene rings is 2. The molecular weight excluding hydrogens is 280 g/mol. The summed E-state index contributed by atoms with van der Waals surface area (Å²) in [5.41, 5.74) is 1.97. The van der Waals surface area contributed by atoms with Crippen LogP contribution in [0.1, 0.15) is 16.5 Å². The molecule has 2 aromatic rings. The van der Waals surface area contributed by atoms with Gasteiger partial charge in [-0.2, -0.15) is 0 Å². The van der Waals surface area contributed by atoms with Gasteiger partial charge in [0, 0.05) is 0 Å². The van der Waals surface area contributed by atoms with E-state index in [1.54, 1.807) is 30.3 Å². The minimum Gasteiger partial charge on any atom is -0.223 e. The first-order valence-electron chi connectivity index (χ1n) is 6.11. The Morgan fingerprint density at radius 1 is 0.947 bits per heavy atom. The highest BCUT2D eigenvalue weighted by atomic mass is 35.5. The van der Waals surface area contributed by atoms with E-state index in [0.717, 1.165) is 11.1 Å². The lowest BCUT2D eigenvalue weighted by atomic mass is 10.1. The predicted octanol–water partition coefficient (Wildman–Crippen LogP) is 3.37. The quantitative estimate of drug-likeness (QED) is 0.795. The number of hydrogen-bond donors (Lipinski definition) is 0. The first kappa shape index (κ1) is 12.7. The summed E-state index contributed by atoms with van der Waals surface area (Å²) in [5, 5.41) is -1.05. The van der Waals surface area contributed by atoms with Crippen LogP contribution in [0.2, 0.25) is 0 Å². The van der Waals surface area contributed by atoms with Crippen molar-refractivity contribution in [2.24, 2.45) is 0 Å². The van der Waals surface area contributed by atoms with Crippen molar-refractivity contribution in [1.82, 2.24) is 0 Å². The average Bonchev–Trinajstić information content (AvgIpc) is 2.78. The maximum Gasteiger partial charge on any atom is 0.183 e. The third kappa shape index (κ3) is 2.07. The SMILES string of the molecule is O=S(=O)(c1ccccc1)[C@H]1Cc2ccccc2[C@H]1Cl. The second-order valence-corrected chi connectivity index (χ2v) is 7.34. The van der Waals surface area contributed by atoms with Crippen LogP contribution in [0, 0.1) is 0 Å². The van der Waals surface area contributed by atoms with Crippen LogP contribution in [0.5, 0.6) is 0 Å². The van der Waals surface area contributed by atoms with Gasteiger partial charge in [-0.25, -0.2) is 8.42 Å². The Balaban J connectivity index is 2.02. The Bertz CT molecular complexity index is 695. The van der Waals surface area contributed by atoms with Crippen LogP contribution >= 0.6 is 11.6 Å². The molecule has 0 spiro atoms. The zero-order chi connectivity index (χ0) is 13.5. The third-order valence-corrected chi connectivity index (χ3v) is 6.42. The van der Waals surface area contributed by atoms with E-state index in [2.05, 4.69) is 0 Å². The van der Waals surface area contributed by atoms with E-state index in [4.69, 9.17) is 11.6 Å². The van der Waals surface area contributed by atoms with Gasteiger partial charge >= 0.3 is 0 Å². The molecule has 4 heteroatoms. The van der Waals surface area contributed by atoms with Crippen LogP contribution in [0.4, 0.5) is 0 Å². The molecule has 0 amide bonds. The second-order valence-electron chi connectivity index (χ2n) is 4.70. The predicted molar refractivity (Wildman–Crippen MR) is 76.2 cm³/mol. The van der Waals surface area contributed by atoms with Gasteiger partial charge in [0.2, 0.25) is 0 Å². The molecule has 2 aromatic carbocycles. The smallest absolute Gasteiger partial charge is 0.183 e. The summed E-state index contributed by atoms with van der Waals surface area (Å²) >= 11 is 6.36. The molecule has 0 bridgehead atoms. The van der Waals surface area contributed by atoms with Crippen molar-refractivity contribution in [3.05, 3.63) is 65.7 Å². The van der Waals surface area contributed by atoms with Crippen LogP contribution in [0.15, 0.2) is 59.5 Å². The van der Waals surface area contributed by atoms with Crippen molar-refractivity contribution < 1.29 is 8.42 Å². The van der Waals surface area contributed by atoms with E-state index in [-0.39, 0.29) is 0 Å². The molecule has 0 saturated carbocycles. The Kier molecular flexibility index (Phi) is 3.11. The molecule has 1 aliphatic rings. The van der Waals surface area contributed by atoms with E-state index >= 15 is 0 Å². The number of alkyl halides is 1. The summed E-state index contributed by atoms with van der Waals surface area (Å²) in [6.45, 7) is 0. The summed E-state index contributed by atoms with van der Waals surface area (Å²) in [6, 6.07) is 16.2. The van der Waals surface area contributed by atoms with Crippen molar-refractivity contribution in [2.45, 2.75) is 21.9 Å². The highest BCUT2D eigenvalue weighted by Gasteiger charge is 2.40. The minimum absolute atomic E-state index is 0.346. The monoisotopic (exact) mass is 292 g/mol. The number of halogens is 1. The van der Waals surface area contributed by atoms with Gasteiger partial charge in [-0.05, 0) is 29.7 Å². The van der Waals surface area contributed by atoms with Crippen LogP contribution < -0.4 is 0 Å². The molecule has 3 rings (SSSR count). The van der Waals surface area contributed by atoms with Crippen LogP contribution in [-0.2, 0) is 16.3 Å². The number of hydrogen-bond acceptors (Lipinski definition) is 2. The van der Waals surface area contributed by atoms with Crippen molar-refractivity contribution in [3.63, 3.8) is 0 Å². The molecule has 0 aliphatic heterocycles. The zero-order valence-corrected chi connectivity index (χ0v) is 11.7. The summed E-state index contributed by atoms with van der Waals surface area (Å²) in [7, 11) is -3.39. The summed E-state index contributed by atoms with van der Waals surface area (Å²) in [4.78, 5) is 0.346. The molecule has 2 nitrogen and oxygen atoms in total. The van der Waals surface area contributed by atoms with Gasteiger partial charge in [0.1, 0.15) is 0 Å². The molecular formula is C15H13ClO2S. The molecule has 19 heavy (non-hydrogen) atoms. The molecule has 0 radical (unpaired) electrons. The first-order chi connectivity index (χ1) is 9.10. The minimum atomic E-state index is -3.39. The number of rotatable bonds is 2. The molecule has 1 aliphatic carbocycles. The number of sulfone groups is 1. The second kappa shape index (κ2) is 4.66. The lowest BCUT2D eigenvalue weighted by Gasteiger charge is -2.15. The fraction of sp³-hybridized carbons (Fsp3) is 0.200. The zero-order valence-electron chi connectivity index (χ0n) is 10.2. The maximum absolute atomic E-state index is 12.6. The summed E-state index contributed by atoms with van der Waals surface area (Å²) < 4.78 is 25.3. The largest absolute Gasteiger partial charge is 0.223 e. The van der Waals surface area contributed by atoms with Crippen molar-refractivity contribution in [1.29, 1.82) is 0 Å². The summed E-state index contributed by atoms with van der Waals surface area (Å²) in [5.74, 6) is 0. The molecule has 0 heterocycles. The van der Waals surface area contributed by atoms with Gasteiger partial charge < -0.3 is 0 Å². The molecule has 2 atom stereocenters. The highest BCUT2D eigenvalue weighted by molar-refractivity contribution is 7.92. The van der Waals surface area contributed by atoms with Gasteiger partial charge in [0.25, 0.3) is 0 Å². The topological polar surface area (TPSA) is 34.1 Å². The van der Waals surface area contributed by atoms with E-state index in [1.807, 2.05) is 24.3 Å². The van der Waals surface area contributed by atoms with Crippen molar-refractivity contribution in [2.75, 3.05) is 0 Å². The van der Waals surface area contributed by atoms with Crippen molar-refractivity contribution in [3.8, 4) is 0 Å². The standard InChI is InChI=1S/C15H13ClO2S/c16-15-13-9-5-4-6-11(13)10-14(15)19(17,18)12-7-2-1-3-8-12/h1-9,14-15H,10H2/t14-,15+/m0/s1. The van der Waals surface area contributed by atoms with Crippen LogP contribution in [-0.4, -0.2) is 13.7 Å². The fourth-order valence-electron chi connectivity index (χ4n) is 2.56. The van der Waals surface area contributed by atoms with Gasteiger partial charge in [-0.1, -0.05) is 42.5 Å². The maximum atomic E-state index is 12.6. The Morgan fingerprint density at radius 2 is 1.58 bits per heavy atom. The van der Waals surface area contributed by atoms with E-state index in [9.17, 15) is 8.42 Å². The molecule has 98 valence electrons. The first-order valence-corrected chi connectivity index (χ1v) is 8.10. The highest BCUT2D eigenvalue weighted by Crippen LogP contribution is 2.41. The lowest BCUT2D eigenvalue weighted by molar-refractivity contribution is 0.579.